The molecule has 8 heteroatoms. The molecule has 1 atom stereocenters. The summed E-state index contributed by atoms with van der Waals surface area (Å²) in [5.74, 6) is -3.40. The molecule has 8 nitrogen and oxygen atoms in total. The van der Waals surface area contributed by atoms with Crippen molar-refractivity contribution < 1.29 is 24.0 Å². The van der Waals surface area contributed by atoms with Gasteiger partial charge in [-0.15, -0.1) is 0 Å². The first kappa shape index (κ1) is 13.9. The third kappa shape index (κ3) is 1.88. The smallest absolute Gasteiger partial charge is 0.263 e. The lowest BCUT2D eigenvalue weighted by Gasteiger charge is -2.27. The number of benzene rings is 1. The average Bonchev–Trinajstić information content (AvgIpc) is 2.72. The molecule has 1 aromatic carbocycles. The number of amides is 5. The second-order valence-corrected chi connectivity index (χ2v) is 5.04. The van der Waals surface area contributed by atoms with E-state index in [9.17, 15) is 24.0 Å². The second kappa shape index (κ2) is 4.76. The first-order valence-electron chi connectivity index (χ1n) is 6.56. The van der Waals surface area contributed by atoms with Crippen LogP contribution in [0, 0.1) is 0 Å². The van der Waals surface area contributed by atoms with E-state index in [2.05, 4.69) is 5.32 Å². The van der Waals surface area contributed by atoms with E-state index in [4.69, 9.17) is 5.73 Å². The third-order valence-electron chi connectivity index (χ3n) is 3.73. The topological polar surface area (TPSA) is 127 Å². The van der Waals surface area contributed by atoms with Crippen LogP contribution in [0.4, 0.5) is 0 Å². The van der Waals surface area contributed by atoms with E-state index in [1.807, 2.05) is 0 Å². The van der Waals surface area contributed by atoms with Gasteiger partial charge in [0.15, 0.2) is 0 Å². The van der Waals surface area contributed by atoms with Crippen molar-refractivity contribution >= 4 is 29.5 Å². The lowest BCUT2D eigenvalue weighted by atomic mass is 10.0. The van der Waals surface area contributed by atoms with Crippen LogP contribution in [0.3, 0.4) is 0 Å². The number of rotatable bonds is 2. The number of carbonyl (C=O) groups is 5. The van der Waals surface area contributed by atoms with E-state index in [0.717, 1.165) is 4.90 Å². The highest BCUT2D eigenvalue weighted by atomic mass is 16.2. The maximum atomic E-state index is 12.5. The summed E-state index contributed by atoms with van der Waals surface area (Å²) >= 11 is 0. The number of imide groups is 2. The number of nitrogens with two attached hydrogens (primary N) is 1. The Kier molecular flexibility index (Phi) is 3.01. The SMILES string of the molecule is NC(=O)c1cccc2c1C(=O)N([C@H]1CCC(=O)NC1=O)C2=O. The van der Waals surface area contributed by atoms with Gasteiger partial charge in [0.05, 0.1) is 16.7 Å². The van der Waals surface area contributed by atoms with Crippen molar-refractivity contribution in [1.82, 2.24) is 10.2 Å². The molecule has 22 heavy (non-hydrogen) atoms. The van der Waals surface area contributed by atoms with Crippen molar-refractivity contribution in [3.05, 3.63) is 34.9 Å². The summed E-state index contributed by atoms with van der Waals surface area (Å²) in [6, 6.07) is 3.12. The van der Waals surface area contributed by atoms with Crippen LogP contribution in [0.15, 0.2) is 18.2 Å². The Balaban J connectivity index is 2.04. The van der Waals surface area contributed by atoms with Crippen LogP contribution in [0.2, 0.25) is 0 Å². The standard InChI is InChI=1S/C14H11N3O5/c15-11(19)6-2-1-3-7-10(6)14(22)17(13(7)21)8-4-5-9(18)16-12(8)20/h1-3,8H,4-5H2,(H2,15,19)(H,16,18,20)/t8-/m0/s1. The monoisotopic (exact) mass is 301 g/mol. The first-order chi connectivity index (χ1) is 10.4. The molecular formula is C14H11N3O5. The fourth-order valence-corrected chi connectivity index (χ4v) is 2.72. The minimum atomic E-state index is -1.06. The molecule has 0 unspecified atom stereocenters. The fourth-order valence-electron chi connectivity index (χ4n) is 2.72. The van der Waals surface area contributed by atoms with E-state index in [1.165, 1.54) is 18.2 Å². The fraction of sp³-hybridized carbons (Fsp3) is 0.214. The number of piperidine rings is 1. The van der Waals surface area contributed by atoms with Gasteiger partial charge in [0.1, 0.15) is 6.04 Å². The zero-order chi connectivity index (χ0) is 16.0. The molecule has 112 valence electrons. The Morgan fingerprint density at radius 3 is 2.55 bits per heavy atom. The van der Waals surface area contributed by atoms with E-state index in [-0.39, 0.29) is 29.5 Å². The molecule has 3 rings (SSSR count). The molecule has 2 aliphatic rings. The Morgan fingerprint density at radius 2 is 1.91 bits per heavy atom. The highest BCUT2D eigenvalue weighted by Crippen LogP contribution is 2.29. The summed E-state index contributed by atoms with van der Waals surface area (Å²) in [4.78, 5) is 60.2. The van der Waals surface area contributed by atoms with Crippen molar-refractivity contribution in [3.8, 4) is 0 Å². The van der Waals surface area contributed by atoms with E-state index >= 15 is 0 Å². The number of fused-ring (bicyclic) bond motifs is 1. The molecule has 0 aliphatic carbocycles. The first-order valence-corrected chi connectivity index (χ1v) is 6.56. The minimum absolute atomic E-state index is 0.0333. The normalized spacial score (nSPS) is 20.9. The number of primary amides is 1. The molecule has 1 aromatic rings. The lowest BCUT2D eigenvalue weighted by Crippen LogP contribution is -2.54. The Morgan fingerprint density at radius 1 is 1.18 bits per heavy atom. The summed E-state index contributed by atoms with van der Waals surface area (Å²) in [5.41, 5.74) is 5.10. The van der Waals surface area contributed by atoms with Crippen LogP contribution >= 0.6 is 0 Å². The van der Waals surface area contributed by atoms with Gasteiger partial charge in [-0.3, -0.25) is 34.2 Å². The molecule has 1 fully saturated rings. The van der Waals surface area contributed by atoms with Gasteiger partial charge in [-0.25, -0.2) is 0 Å². The molecule has 1 saturated heterocycles. The van der Waals surface area contributed by atoms with Crippen LogP contribution < -0.4 is 11.1 Å². The highest BCUT2D eigenvalue weighted by Gasteiger charge is 2.45. The molecule has 0 bridgehead atoms. The van der Waals surface area contributed by atoms with Gasteiger partial charge >= 0.3 is 0 Å². The molecule has 2 aliphatic heterocycles. The van der Waals surface area contributed by atoms with E-state index in [1.54, 1.807) is 0 Å². The van der Waals surface area contributed by atoms with Crippen molar-refractivity contribution in [2.24, 2.45) is 5.73 Å². The maximum Gasteiger partial charge on any atom is 0.263 e. The lowest BCUT2D eigenvalue weighted by molar-refractivity contribution is -0.136. The van der Waals surface area contributed by atoms with Gasteiger partial charge in [-0.2, -0.15) is 0 Å². The van der Waals surface area contributed by atoms with Crippen LogP contribution in [-0.4, -0.2) is 40.5 Å². The number of carbonyl (C=O) groups excluding carboxylic acids is 5. The molecule has 0 radical (unpaired) electrons. The molecule has 0 aromatic heterocycles. The molecule has 5 amide bonds. The molecular weight excluding hydrogens is 290 g/mol. The van der Waals surface area contributed by atoms with Gasteiger partial charge in [-0.1, -0.05) is 6.07 Å². The Bertz CT molecular complexity index is 755. The number of nitrogens with one attached hydrogen (secondary N) is 1. The van der Waals surface area contributed by atoms with Crippen LogP contribution in [0.5, 0.6) is 0 Å². The quantitative estimate of drug-likeness (QED) is 0.690. The second-order valence-electron chi connectivity index (χ2n) is 5.04. The number of hydrogen-bond acceptors (Lipinski definition) is 5. The van der Waals surface area contributed by atoms with Gasteiger partial charge < -0.3 is 5.73 Å². The molecule has 0 spiro atoms. The third-order valence-corrected chi connectivity index (χ3v) is 3.73. The van der Waals surface area contributed by atoms with Gasteiger partial charge in [0.2, 0.25) is 17.7 Å². The zero-order valence-electron chi connectivity index (χ0n) is 11.3. The Labute approximate surface area is 124 Å². The summed E-state index contributed by atoms with van der Waals surface area (Å²) in [5, 5.41) is 2.10. The van der Waals surface area contributed by atoms with Gasteiger partial charge in [0.25, 0.3) is 11.8 Å². The largest absolute Gasteiger partial charge is 0.366 e. The average molecular weight is 301 g/mol. The molecule has 2 heterocycles. The van der Waals surface area contributed by atoms with E-state index < -0.39 is 35.6 Å². The van der Waals surface area contributed by atoms with Crippen molar-refractivity contribution in [2.45, 2.75) is 18.9 Å². The van der Waals surface area contributed by atoms with Crippen LogP contribution in [0.1, 0.15) is 43.9 Å². The molecule has 0 saturated carbocycles. The number of nitrogens with zero attached hydrogens (tertiary/aromatic N) is 1. The minimum Gasteiger partial charge on any atom is -0.366 e. The summed E-state index contributed by atoms with van der Waals surface area (Å²) in [6.45, 7) is 0. The summed E-state index contributed by atoms with van der Waals surface area (Å²) < 4.78 is 0. The van der Waals surface area contributed by atoms with Crippen LogP contribution in [-0.2, 0) is 9.59 Å². The summed E-state index contributed by atoms with van der Waals surface area (Å²) in [6.07, 6.45) is 0.0918. The number of hydrogen-bond donors (Lipinski definition) is 2. The van der Waals surface area contributed by atoms with Crippen LogP contribution in [0.25, 0.3) is 0 Å². The van der Waals surface area contributed by atoms with Crippen molar-refractivity contribution in [2.75, 3.05) is 0 Å². The molecule has 3 N–H and O–H groups in total. The highest BCUT2D eigenvalue weighted by molar-refractivity contribution is 6.26. The van der Waals surface area contributed by atoms with Gasteiger partial charge in [0, 0.05) is 6.42 Å². The maximum absolute atomic E-state index is 12.5. The van der Waals surface area contributed by atoms with E-state index in [0.29, 0.717) is 0 Å². The van der Waals surface area contributed by atoms with Crippen molar-refractivity contribution in [3.63, 3.8) is 0 Å². The predicted octanol–water partition coefficient (Wildman–Crippen LogP) is -0.813. The van der Waals surface area contributed by atoms with Gasteiger partial charge in [-0.05, 0) is 18.6 Å². The Hall–Kier alpha value is -3.03. The van der Waals surface area contributed by atoms with Crippen molar-refractivity contribution in [1.29, 1.82) is 0 Å². The predicted molar refractivity (Wildman–Crippen MR) is 71.6 cm³/mol. The zero-order valence-corrected chi connectivity index (χ0v) is 11.3. The summed E-state index contributed by atoms with van der Waals surface area (Å²) in [7, 11) is 0.